The summed E-state index contributed by atoms with van der Waals surface area (Å²) in [5, 5.41) is 10.7. The number of anilines is 1. The quantitative estimate of drug-likeness (QED) is 0.552. The molecule has 1 N–H and O–H groups in total. The molecular formula is C25H23F3N2O4. The molecule has 2 aromatic carbocycles. The van der Waals surface area contributed by atoms with Crippen molar-refractivity contribution in [3.63, 3.8) is 0 Å². The second-order valence-electron chi connectivity index (χ2n) is 8.34. The Kier molecular flexibility index (Phi) is 6.22. The third kappa shape index (κ3) is 5.14. The van der Waals surface area contributed by atoms with E-state index in [1.54, 1.807) is 62.4 Å². The number of fused-ring (bicyclic) bond motifs is 1. The van der Waals surface area contributed by atoms with Crippen LogP contribution in [-0.2, 0) is 17.4 Å². The topological polar surface area (TPSA) is 71.9 Å². The van der Waals surface area contributed by atoms with E-state index in [2.05, 4.69) is 4.98 Å². The standard InChI is InChI=1S/C25H23F3N2O4/c1-24(2)33-19-10-9-18(14-20(19)34-24)30(23(32)22(31)17-6-4-3-5-7-17)13-12-16-8-11-21(29-15-16)25(26,27)28/h3-11,14-15,22,31H,12-13H2,1-2H3/t22-/m0/s1. The molecule has 0 radical (unpaired) electrons. The number of halogens is 3. The smallest absolute Gasteiger partial charge is 0.433 e. The van der Waals surface area contributed by atoms with Crippen molar-refractivity contribution in [2.24, 2.45) is 0 Å². The molecule has 2 heterocycles. The first-order valence-corrected chi connectivity index (χ1v) is 10.6. The van der Waals surface area contributed by atoms with Crippen molar-refractivity contribution in [2.45, 2.75) is 38.3 Å². The number of amides is 1. The van der Waals surface area contributed by atoms with E-state index < -0.39 is 29.7 Å². The largest absolute Gasteiger partial charge is 0.449 e. The van der Waals surface area contributed by atoms with Crippen molar-refractivity contribution in [1.29, 1.82) is 0 Å². The average molecular weight is 472 g/mol. The van der Waals surface area contributed by atoms with Crippen LogP contribution in [0.25, 0.3) is 0 Å². The fourth-order valence-corrected chi connectivity index (χ4v) is 3.65. The summed E-state index contributed by atoms with van der Waals surface area (Å²) in [5.41, 5.74) is 0.416. The first-order chi connectivity index (χ1) is 16.0. The molecule has 0 fully saturated rings. The SMILES string of the molecule is CC1(C)Oc2ccc(N(CCc3ccc(C(F)(F)F)nc3)C(=O)[C@@H](O)c3ccccc3)cc2O1. The lowest BCUT2D eigenvalue weighted by Crippen LogP contribution is -2.37. The number of benzene rings is 2. The van der Waals surface area contributed by atoms with Crippen LogP contribution in [0.4, 0.5) is 18.9 Å². The highest BCUT2D eigenvalue weighted by atomic mass is 19.4. The molecular weight excluding hydrogens is 449 g/mol. The van der Waals surface area contributed by atoms with Crippen molar-refractivity contribution in [2.75, 3.05) is 11.4 Å². The van der Waals surface area contributed by atoms with Crippen LogP contribution in [0.1, 0.15) is 36.8 Å². The number of hydrogen-bond donors (Lipinski definition) is 1. The predicted molar refractivity (Wildman–Crippen MR) is 118 cm³/mol. The number of aromatic nitrogens is 1. The summed E-state index contributed by atoms with van der Waals surface area (Å²) >= 11 is 0. The van der Waals surface area contributed by atoms with Gasteiger partial charge in [0, 0.05) is 38.3 Å². The summed E-state index contributed by atoms with van der Waals surface area (Å²) in [5.74, 6) is -0.461. The zero-order chi connectivity index (χ0) is 24.5. The van der Waals surface area contributed by atoms with Gasteiger partial charge < -0.3 is 19.5 Å². The van der Waals surface area contributed by atoms with Gasteiger partial charge in [0.15, 0.2) is 17.6 Å². The van der Waals surface area contributed by atoms with Crippen LogP contribution < -0.4 is 14.4 Å². The molecule has 0 spiro atoms. The molecule has 0 saturated heterocycles. The summed E-state index contributed by atoms with van der Waals surface area (Å²) in [6, 6.07) is 15.7. The molecule has 1 amide bonds. The third-order valence-corrected chi connectivity index (χ3v) is 5.30. The number of nitrogens with zero attached hydrogens (tertiary/aromatic N) is 2. The molecule has 3 aromatic rings. The minimum absolute atomic E-state index is 0.0960. The monoisotopic (exact) mass is 472 g/mol. The van der Waals surface area contributed by atoms with Crippen molar-refractivity contribution in [1.82, 2.24) is 4.98 Å². The Morgan fingerprint density at radius 3 is 2.41 bits per heavy atom. The second kappa shape index (κ2) is 8.98. The number of pyridine rings is 1. The Morgan fingerprint density at radius 2 is 1.76 bits per heavy atom. The van der Waals surface area contributed by atoms with Crippen LogP contribution in [0.15, 0.2) is 66.9 Å². The average Bonchev–Trinajstić information content (AvgIpc) is 3.12. The van der Waals surface area contributed by atoms with Gasteiger partial charge in [0.05, 0.1) is 0 Å². The number of rotatable bonds is 6. The maximum atomic E-state index is 13.3. The molecule has 6 nitrogen and oxygen atoms in total. The van der Waals surface area contributed by atoms with E-state index in [0.717, 1.165) is 12.3 Å². The fraction of sp³-hybridized carbons (Fsp3) is 0.280. The maximum absolute atomic E-state index is 13.3. The van der Waals surface area contributed by atoms with Crippen LogP contribution in [0.2, 0.25) is 0 Å². The Morgan fingerprint density at radius 1 is 1.06 bits per heavy atom. The van der Waals surface area contributed by atoms with Crippen molar-refractivity contribution >= 4 is 11.6 Å². The highest BCUT2D eigenvalue weighted by Gasteiger charge is 2.34. The number of carbonyl (C=O) groups excluding carboxylic acids is 1. The molecule has 178 valence electrons. The highest BCUT2D eigenvalue weighted by Crippen LogP contribution is 2.41. The van der Waals surface area contributed by atoms with Gasteiger partial charge in [0.2, 0.25) is 5.79 Å². The van der Waals surface area contributed by atoms with Crippen molar-refractivity contribution < 1.29 is 32.5 Å². The number of alkyl halides is 3. The van der Waals surface area contributed by atoms with Crippen LogP contribution in [0, 0.1) is 0 Å². The minimum atomic E-state index is -4.53. The summed E-state index contributed by atoms with van der Waals surface area (Å²) < 4.78 is 49.9. The van der Waals surface area contributed by atoms with E-state index in [9.17, 15) is 23.1 Å². The van der Waals surface area contributed by atoms with Crippen molar-refractivity contribution in [3.8, 4) is 11.5 Å². The summed E-state index contributed by atoms with van der Waals surface area (Å²) in [4.78, 5) is 18.2. The van der Waals surface area contributed by atoms with Gasteiger partial charge in [-0.3, -0.25) is 9.78 Å². The van der Waals surface area contributed by atoms with Crippen LogP contribution >= 0.6 is 0 Å². The second-order valence-corrected chi connectivity index (χ2v) is 8.34. The molecule has 0 saturated carbocycles. The van der Waals surface area contributed by atoms with Gasteiger partial charge in [-0.05, 0) is 35.7 Å². The van der Waals surface area contributed by atoms with E-state index in [1.807, 2.05) is 0 Å². The van der Waals surface area contributed by atoms with Crippen LogP contribution in [0.5, 0.6) is 11.5 Å². The van der Waals surface area contributed by atoms with E-state index in [0.29, 0.717) is 28.3 Å². The lowest BCUT2D eigenvalue weighted by atomic mass is 10.1. The molecule has 34 heavy (non-hydrogen) atoms. The molecule has 1 aliphatic rings. The van der Waals surface area contributed by atoms with E-state index in [4.69, 9.17) is 9.47 Å². The molecule has 1 aromatic heterocycles. The van der Waals surface area contributed by atoms with Gasteiger partial charge in [0.25, 0.3) is 5.91 Å². The zero-order valence-corrected chi connectivity index (χ0v) is 18.5. The lowest BCUT2D eigenvalue weighted by molar-refractivity contribution is -0.141. The molecule has 0 aliphatic carbocycles. The van der Waals surface area contributed by atoms with Crippen molar-refractivity contribution in [3.05, 3.63) is 83.7 Å². The molecule has 1 atom stereocenters. The number of hydrogen-bond acceptors (Lipinski definition) is 5. The highest BCUT2D eigenvalue weighted by molar-refractivity contribution is 5.97. The van der Waals surface area contributed by atoms with Gasteiger partial charge in [-0.2, -0.15) is 13.2 Å². The fourth-order valence-electron chi connectivity index (χ4n) is 3.65. The summed E-state index contributed by atoms with van der Waals surface area (Å²) in [7, 11) is 0. The third-order valence-electron chi connectivity index (χ3n) is 5.30. The van der Waals surface area contributed by atoms with E-state index in [1.165, 1.54) is 11.0 Å². The first-order valence-electron chi connectivity index (χ1n) is 10.6. The summed E-state index contributed by atoms with van der Waals surface area (Å²) in [6.45, 7) is 3.61. The Labute approximate surface area is 194 Å². The first kappa shape index (κ1) is 23.6. The Bertz CT molecular complexity index is 1170. The maximum Gasteiger partial charge on any atom is 0.433 e. The summed E-state index contributed by atoms with van der Waals surface area (Å²) in [6.07, 6.45) is -4.59. The molecule has 4 rings (SSSR count). The number of aliphatic hydroxyl groups excluding tert-OH is 1. The molecule has 0 bridgehead atoms. The van der Waals surface area contributed by atoms with E-state index >= 15 is 0 Å². The normalized spacial score (nSPS) is 15.1. The zero-order valence-electron chi connectivity index (χ0n) is 18.5. The predicted octanol–water partition coefficient (Wildman–Crippen LogP) is 4.92. The van der Waals surface area contributed by atoms with E-state index in [-0.39, 0.29) is 13.0 Å². The van der Waals surface area contributed by atoms with Crippen LogP contribution in [-0.4, -0.2) is 28.3 Å². The van der Waals surface area contributed by atoms with Gasteiger partial charge in [0.1, 0.15) is 5.69 Å². The lowest BCUT2D eigenvalue weighted by Gasteiger charge is -2.26. The number of ether oxygens (including phenoxy) is 2. The van der Waals surface area contributed by atoms with Crippen LogP contribution in [0.3, 0.4) is 0 Å². The molecule has 1 aliphatic heterocycles. The Balaban J connectivity index is 1.60. The van der Waals surface area contributed by atoms with Gasteiger partial charge in [-0.15, -0.1) is 0 Å². The molecule has 0 unspecified atom stereocenters. The Hall–Kier alpha value is -3.59. The number of aliphatic hydroxyl groups is 1. The minimum Gasteiger partial charge on any atom is -0.449 e. The van der Waals surface area contributed by atoms with Gasteiger partial charge >= 0.3 is 6.18 Å². The van der Waals surface area contributed by atoms with Gasteiger partial charge in [-0.25, -0.2) is 0 Å². The number of carbonyl (C=O) groups is 1. The van der Waals surface area contributed by atoms with Gasteiger partial charge in [-0.1, -0.05) is 36.4 Å². The molecule has 9 heteroatoms.